The maximum Gasteiger partial charge on any atom is 0.416 e. The molecule has 0 aliphatic carbocycles. The van der Waals surface area contributed by atoms with E-state index in [0.717, 1.165) is 6.07 Å². The van der Waals surface area contributed by atoms with Gasteiger partial charge in [0.15, 0.2) is 0 Å². The summed E-state index contributed by atoms with van der Waals surface area (Å²) in [7, 11) is 5.22. The van der Waals surface area contributed by atoms with Gasteiger partial charge < -0.3 is 19.6 Å². The van der Waals surface area contributed by atoms with Crippen molar-refractivity contribution >= 4 is 11.7 Å². The fourth-order valence-electron chi connectivity index (χ4n) is 3.80. The molecule has 0 spiro atoms. The van der Waals surface area contributed by atoms with E-state index in [2.05, 4.69) is 0 Å². The number of carboxylic acids is 1. The molecule has 2 aromatic carbocycles. The largest absolute Gasteiger partial charge is 0.497 e. The zero-order valence-corrected chi connectivity index (χ0v) is 17.6. The van der Waals surface area contributed by atoms with Crippen molar-refractivity contribution in [1.29, 1.82) is 0 Å². The second kappa shape index (κ2) is 9.01. The summed E-state index contributed by atoms with van der Waals surface area (Å²) in [6.07, 6.45) is -3.14. The first-order valence-corrected chi connectivity index (χ1v) is 9.81. The monoisotopic (exact) mass is 434 g/mol. The molecule has 1 unspecified atom stereocenters. The van der Waals surface area contributed by atoms with Gasteiger partial charge in [0.2, 0.25) is 0 Å². The highest BCUT2D eigenvalue weighted by Crippen LogP contribution is 2.43. The molecule has 0 amide bonds. The molecule has 1 heterocycles. The van der Waals surface area contributed by atoms with Crippen LogP contribution in [0.1, 0.15) is 22.6 Å². The zero-order valence-electron chi connectivity index (χ0n) is 17.6. The van der Waals surface area contributed by atoms with Crippen molar-refractivity contribution in [1.82, 2.24) is 4.90 Å². The first-order chi connectivity index (χ1) is 14.6. The molecule has 0 radical (unpaired) electrons. The van der Waals surface area contributed by atoms with E-state index in [1.165, 1.54) is 19.4 Å². The Morgan fingerprint density at radius 1 is 1.19 bits per heavy atom. The molecule has 0 aromatic heterocycles. The van der Waals surface area contributed by atoms with E-state index in [4.69, 9.17) is 4.74 Å². The molecule has 0 bridgehead atoms. The Hall–Kier alpha value is -3.00. The second-order valence-electron chi connectivity index (χ2n) is 7.72. The first-order valence-electron chi connectivity index (χ1n) is 9.81. The van der Waals surface area contributed by atoms with Crippen molar-refractivity contribution in [3.8, 4) is 5.75 Å². The average molecular weight is 434 g/mol. The lowest BCUT2D eigenvalue weighted by molar-refractivity contribution is -0.138. The number of ether oxygens (including phenoxy) is 1. The number of rotatable bonds is 6. The van der Waals surface area contributed by atoms with E-state index < -0.39 is 23.6 Å². The minimum absolute atomic E-state index is 0.0493. The summed E-state index contributed by atoms with van der Waals surface area (Å²) in [6, 6.07) is 10.8. The van der Waals surface area contributed by atoms with Gasteiger partial charge in [0.25, 0.3) is 0 Å². The van der Waals surface area contributed by atoms with E-state index in [-0.39, 0.29) is 17.6 Å². The number of methoxy groups -OCH3 is 1. The number of fused-ring (bicyclic) bond motifs is 1. The van der Waals surface area contributed by atoms with Crippen LogP contribution in [0.4, 0.5) is 18.9 Å². The highest BCUT2D eigenvalue weighted by atomic mass is 19.4. The van der Waals surface area contributed by atoms with E-state index in [1.54, 1.807) is 35.2 Å². The molecule has 0 saturated heterocycles. The van der Waals surface area contributed by atoms with Gasteiger partial charge in [0, 0.05) is 30.9 Å². The number of nitrogens with zero attached hydrogens (tertiary/aromatic N) is 2. The minimum atomic E-state index is -4.54. The maximum absolute atomic E-state index is 13.9. The number of aliphatic carboxylic acids is 1. The lowest BCUT2D eigenvalue weighted by Crippen LogP contribution is -2.29. The maximum atomic E-state index is 13.9. The van der Waals surface area contributed by atoms with Crippen LogP contribution >= 0.6 is 0 Å². The first kappa shape index (κ1) is 22.7. The number of halogens is 3. The summed E-state index contributed by atoms with van der Waals surface area (Å²) in [4.78, 5) is 15.7. The number of benzene rings is 2. The van der Waals surface area contributed by atoms with Gasteiger partial charge in [-0.3, -0.25) is 0 Å². The molecule has 1 N–H and O–H groups in total. The van der Waals surface area contributed by atoms with Crippen LogP contribution in [0.5, 0.6) is 5.75 Å². The van der Waals surface area contributed by atoms with Gasteiger partial charge in [-0.2, -0.15) is 13.2 Å². The Kier molecular flexibility index (Phi) is 6.59. The fraction of sp³-hybridized carbons (Fsp3) is 0.348. The summed E-state index contributed by atoms with van der Waals surface area (Å²) in [5, 5.41) is 9.95. The van der Waals surface area contributed by atoms with Crippen LogP contribution in [0.25, 0.3) is 0 Å². The summed E-state index contributed by atoms with van der Waals surface area (Å²) in [5.41, 5.74) is 0.409. The molecule has 2 aromatic rings. The Morgan fingerprint density at radius 2 is 1.87 bits per heavy atom. The number of likely N-dealkylation sites (N-methyl/N-ethyl adjacent to an activating group) is 1. The van der Waals surface area contributed by atoms with E-state index >= 15 is 0 Å². The minimum Gasteiger partial charge on any atom is -0.497 e. The fourth-order valence-corrected chi connectivity index (χ4v) is 3.80. The zero-order chi connectivity index (χ0) is 22.8. The molecule has 31 heavy (non-hydrogen) atoms. The van der Waals surface area contributed by atoms with Gasteiger partial charge in [-0.1, -0.05) is 18.2 Å². The highest BCUT2D eigenvalue weighted by Gasteiger charge is 2.38. The third-order valence-electron chi connectivity index (χ3n) is 5.40. The van der Waals surface area contributed by atoms with E-state index in [0.29, 0.717) is 30.1 Å². The quantitative estimate of drug-likeness (QED) is 0.731. The van der Waals surface area contributed by atoms with Crippen LogP contribution in [-0.2, 0) is 17.4 Å². The molecule has 166 valence electrons. The lowest BCUT2D eigenvalue weighted by atomic mass is 9.85. The standard InChI is InChI=1S/C23H25F3N2O3/c1-27(2)11-12-28-14-19(22(29)30)17(15-7-9-16(31-3)10-8-15)13-18-20(23(24,25)26)5-4-6-21(18)28/h4-10,14,17H,11-13H2,1-3H3,(H,29,30). The van der Waals surface area contributed by atoms with Crippen LogP contribution in [-0.4, -0.2) is 50.3 Å². The predicted octanol–water partition coefficient (Wildman–Crippen LogP) is 4.39. The summed E-state index contributed by atoms with van der Waals surface area (Å²) < 4.78 is 46.7. The van der Waals surface area contributed by atoms with Crippen LogP contribution in [0, 0.1) is 0 Å². The molecular formula is C23H25F3N2O3. The second-order valence-corrected chi connectivity index (χ2v) is 7.72. The average Bonchev–Trinajstić information content (AvgIpc) is 2.88. The number of anilines is 1. The molecule has 3 rings (SSSR count). The third-order valence-corrected chi connectivity index (χ3v) is 5.40. The van der Waals surface area contributed by atoms with Crippen LogP contribution in [0.15, 0.2) is 54.2 Å². The lowest BCUT2D eigenvalue weighted by Gasteiger charge is -2.25. The molecule has 0 saturated carbocycles. The Labute approximate surface area is 179 Å². The van der Waals surface area contributed by atoms with E-state index in [9.17, 15) is 23.1 Å². The molecule has 0 fully saturated rings. The number of carboxylic acid groups (broad SMARTS) is 1. The smallest absolute Gasteiger partial charge is 0.416 e. The number of hydrogen-bond acceptors (Lipinski definition) is 4. The van der Waals surface area contributed by atoms with Crippen molar-refractivity contribution in [2.45, 2.75) is 18.5 Å². The van der Waals surface area contributed by atoms with Gasteiger partial charge in [0.1, 0.15) is 5.75 Å². The van der Waals surface area contributed by atoms with Gasteiger partial charge in [-0.15, -0.1) is 0 Å². The van der Waals surface area contributed by atoms with Gasteiger partial charge in [0.05, 0.1) is 18.2 Å². The Bertz CT molecular complexity index is 969. The molecule has 1 atom stereocenters. The number of alkyl halides is 3. The van der Waals surface area contributed by atoms with Crippen LogP contribution in [0.3, 0.4) is 0 Å². The molecule has 1 aliphatic heterocycles. The van der Waals surface area contributed by atoms with Crippen molar-refractivity contribution < 1.29 is 27.8 Å². The molecule has 1 aliphatic rings. The summed E-state index contributed by atoms with van der Waals surface area (Å²) >= 11 is 0. The molecular weight excluding hydrogens is 409 g/mol. The summed E-state index contributed by atoms with van der Waals surface area (Å²) in [5.74, 6) is -1.31. The Morgan fingerprint density at radius 3 is 2.42 bits per heavy atom. The highest BCUT2D eigenvalue weighted by molar-refractivity contribution is 5.90. The van der Waals surface area contributed by atoms with Gasteiger partial charge in [-0.05, 0) is 55.9 Å². The number of carbonyl (C=O) groups is 1. The van der Waals surface area contributed by atoms with Crippen molar-refractivity contribution in [3.63, 3.8) is 0 Å². The number of hydrogen-bond donors (Lipinski definition) is 1. The Balaban J connectivity index is 2.19. The van der Waals surface area contributed by atoms with Crippen LogP contribution in [0.2, 0.25) is 0 Å². The third kappa shape index (κ3) is 5.02. The van der Waals surface area contributed by atoms with Crippen molar-refractivity contribution in [2.75, 3.05) is 39.2 Å². The van der Waals surface area contributed by atoms with Crippen LogP contribution < -0.4 is 9.64 Å². The van der Waals surface area contributed by atoms with Gasteiger partial charge >= 0.3 is 12.1 Å². The molecule has 5 nitrogen and oxygen atoms in total. The SMILES string of the molecule is COc1ccc(C2Cc3c(cccc3C(F)(F)F)N(CCN(C)C)C=C2C(=O)O)cc1. The predicted molar refractivity (Wildman–Crippen MR) is 113 cm³/mol. The summed E-state index contributed by atoms with van der Waals surface area (Å²) in [6.45, 7) is 0.902. The van der Waals surface area contributed by atoms with E-state index in [1.807, 2.05) is 19.0 Å². The van der Waals surface area contributed by atoms with Crippen molar-refractivity contribution in [3.05, 3.63) is 70.9 Å². The molecule has 8 heteroatoms. The van der Waals surface area contributed by atoms with Gasteiger partial charge in [-0.25, -0.2) is 4.79 Å². The normalized spacial score (nSPS) is 16.5. The topological polar surface area (TPSA) is 53.0 Å². The van der Waals surface area contributed by atoms with Crippen molar-refractivity contribution in [2.24, 2.45) is 0 Å².